The second-order valence-electron chi connectivity index (χ2n) is 2.87. The molecule has 0 spiro atoms. The summed E-state index contributed by atoms with van der Waals surface area (Å²) < 4.78 is 0.246. The molecular weight excluding hydrogens is 227 g/mol. The van der Waals surface area contributed by atoms with Crippen LogP contribution in [-0.2, 0) is 0 Å². The Labute approximate surface area is 70.0 Å². The average molecular weight is 240 g/mol. The number of aliphatic hydroxyl groups is 1. The lowest BCUT2D eigenvalue weighted by molar-refractivity contribution is 0.224. The second-order valence-corrected chi connectivity index (χ2v) is 5.16. The summed E-state index contributed by atoms with van der Waals surface area (Å²) in [5, 5.41) is 8.94. The molecule has 1 rings (SSSR count). The van der Waals surface area contributed by atoms with Crippen LogP contribution in [0.2, 0.25) is 0 Å². The molecule has 0 aromatic carbocycles. The second kappa shape index (κ2) is 3.19. The fourth-order valence-corrected chi connectivity index (χ4v) is 2.11. The van der Waals surface area contributed by atoms with Crippen LogP contribution < -0.4 is 0 Å². The standard InChI is InChI=1S/C7H13IO/c8-7(6-9)4-2-1-3-5-7/h9H,1-6H2. The van der Waals surface area contributed by atoms with Crippen molar-refractivity contribution in [2.24, 2.45) is 0 Å². The summed E-state index contributed by atoms with van der Waals surface area (Å²) in [6.07, 6.45) is 6.41. The molecule has 0 aromatic rings. The predicted octanol–water partition coefficient (Wildman–Crippen LogP) is 2.12. The molecule has 1 nitrogen and oxygen atoms in total. The Morgan fingerprint density at radius 3 is 2.11 bits per heavy atom. The van der Waals surface area contributed by atoms with Crippen molar-refractivity contribution in [1.82, 2.24) is 0 Å². The fourth-order valence-electron chi connectivity index (χ4n) is 1.34. The molecule has 0 saturated heterocycles. The topological polar surface area (TPSA) is 20.2 Å². The molecule has 1 aliphatic carbocycles. The minimum atomic E-state index is 0.246. The molecule has 0 heterocycles. The van der Waals surface area contributed by atoms with E-state index in [-0.39, 0.29) is 3.42 Å². The average Bonchev–Trinajstić information content (AvgIpc) is 1.90. The number of alkyl halides is 1. The Morgan fingerprint density at radius 1 is 1.22 bits per heavy atom. The molecule has 0 atom stereocenters. The maximum Gasteiger partial charge on any atom is 0.0577 e. The number of halogens is 1. The molecule has 1 N–H and O–H groups in total. The first-order valence-electron chi connectivity index (χ1n) is 3.57. The van der Waals surface area contributed by atoms with E-state index in [1.807, 2.05) is 0 Å². The maximum atomic E-state index is 8.94. The molecule has 0 amide bonds. The van der Waals surface area contributed by atoms with Gasteiger partial charge in [0.1, 0.15) is 0 Å². The zero-order valence-corrected chi connectivity index (χ0v) is 7.73. The predicted molar refractivity (Wildman–Crippen MR) is 46.9 cm³/mol. The molecule has 9 heavy (non-hydrogen) atoms. The van der Waals surface area contributed by atoms with Crippen molar-refractivity contribution in [1.29, 1.82) is 0 Å². The Kier molecular flexibility index (Phi) is 2.76. The van der Waals surface area contributed by atoms with Crippen LogP contribution in [0.5, 0.6) is 0 Å². The fraction of sp³-hybridized carbons (Fsp3) is 1.00. The van der Waals surface area contributed by atoms with E-state index in [1.165, 1.54) is 32.1 Å². The van der Waals surface area contributed by atoms with Crippen LogP contribution in [0.25, 0.3) is 0 Å². The summed E-state index contributed by atoms with van der Waals surface area (Å²) in [7, 11) is 0. The van der Waals surface area contributed by atoms with Gasteiger partial charge in [0, 0.05) is 3.42 Å². The molecule has 0 bridgehead atoms. The molecule has 1 saturated carbocycles. The van der Waals surface area contributed by atoms with E-state index in [1.54, 1.807) is 0 Å². The first kappa shape index (κ1) is 7.79. The summed E-state index contributed by atoms with van der Waals surface area (Å²) in [6.45, 7) is 0.369. The molecule has 0 radical (unpaired) electrons. The summed E-state index contributed by atoms with van der Waals surface area (Å²) in [4.78, 5) is 0. The van der Waals surface area contributed by atoms with E-state index < -0.39 is 0 Å². The molecular formula is C7H13IO. The molecule has 0 aromatic heterocycles. The molecule has 54 valence electrons. The van der Waals surface area contributed by atoms with Crippen molar-refractivity contribution in [3.63, 3.8) is 0 Å². The van der Waals surface area contributed by atoms with Gasteiger partial charge in [0.25, 0.3) is 0 Å². The molecule has 0 aliphatic heterocycles. The van der Waals surface area contributed by atoms with Gasteiger partial charge < -0.3 is 5.11 Å². The monoisotopic (exact) mass is 240 g/mol. The number of hydrogen-bond donors (Lipinski definition) is 1. The van der Waals surface area contributed by atoms with Crippen molar-refractivity contribution in [2.75, 3.05) is 6.61 Å². The van der Waals surface area contributed by atoms with Crippen molar-refractivity contribution in [3.05, 3.63) is 0 Å². The first-order valence-corrected chi connectivity index (χ1v) is 4.64. The van der Waals surface area contributed by atoms with Gasteiger partial charge in [0.05, 0.1) is 6.61 Å². The van der Waals surface area contributed by atoms with Crippen LogP contribution in [-0.4, -0.2) is 15.1 Å². The van der Waals surface area contributed by atoms with Gasteiger partial charge in [0.2, 0.25) is 0 Å². The van der Waals surface area contributed by atoms with Gasteiger partial charge in [-0.05, 0) is 12.8 Å². The highest BCUT2D eigenvalue weighted by Crippen LogP contribution is 2.35. The minimum Gasteiger partial charge on any atom is -0.395 e. The summed E-state index contributed by atoms with van der Waals surface area (Å²) in [5.41, 5.74) is 0. The van der Waals surface area contributed by atoms with E-state index >= 15 is 0 Å². The normalized spacial score (nSPS) is 26.0. The smallest absolute Gasteiger partial charge is 0.0577 e. The van der Waals surface area contributed by atoms with Gasteiger partial charge in [-0.25, -0.2) is 0 Å². The highest BCUT2D eigenvalue weighted by molar-refractivity contribution is 14.1. The van der Waals surface area contributed by atoms with E-state index in [4.69, 9.17) is 5.11 Å². The third kappa shape index (κ3) is 2.08. The van der Waals surface area contributed by atoms with Crippen molar-refractivity contribution in [2.45, 2.75) is 35.5 Å². The third-order valence-corrected chi connectivity index (χ3v) is 3.45. The maximum absolute atomic E-state index is 8.94. The lowest BCUT2D eigenvalue weighted by Crippen LogP contribution is -2.27. The van der Waals surface area contributed by atoms with Gasteiger partial charge in [-0.3, -0.25) is 0 Å². The summed E-state index contributed by atoms with van der Waals surface area (Å²) in [6, 6.07) is 0. The number of aliphatic hydroxyl groups excluding tert-OH is 1. The van der Waals surface area contributed by atoms with E-state index in [9.17, 15) is 0 Å². The van der Waals surface area contributed by atoms with Crippen LogP contribution >= 0.6 is 22.6 Å². The van der Waals surface area contributed by atoms with Crippen LogP contribution in [0.1, 0.15) is 32.1 Å². The quantitative estimate of drug-likeness (QED) is 0.549. The van der Waals surface area contributed by atoms with Gasteiger partial charge in [-0.1, -0.05) is 41.9 Å². The molecule has 1 aliphatic rings. The van der Waals surface area contributed by atoms with Crippen molar-refractivity contribution in [3.8, 4) is 0 Å². The third-order valence-electron chi connectivity index (χ3n) is 2.03. The van der Waals surface area contributed by atoms with E-state index in [2.05, 4.69) is 22.6 Å². The first-order chi connectivity index (χ1) is 4.27. The van der Waals surface area contributed by atoms with Crippen LogP contribution in [0, 0.1) is 0 Å². The Morgan fingerprint density at radius 2 is 1.78 bits per heavy atom. The molecule has 1 fully saturated rings. The Hall–Kier alpha value is 0.690. The molecule has 2 heteroatoms. The zero-order chi connectivity index (χ0) is 6.74. The highest BCUT2D eigenvalue weighted by atomic mass is 127. The number of hydrogen-bond acceptors (Lipinski definition) is 1. The van der Waals surface area contributed by atoms with Crippen molar-refractivity contribution >= 4 is 22.6 Å². The lowest BCUT2D eigenvalue weighted by Gasteiger charge is -2.29. The highest BCUT2D eigenvalue weighted by Gasteiger charge is 2.27. The van der Waals surface area contributed by atoms with Gasteiger partial charge in [-0.2, -0.15) is 0 Å². The summed E-state index contributed by atoms with van der Waals surface area (Å²) >= 11 is 2.40. The van der Waals surface area contributed by atoms with Gasteiger partial charge in [-0.15, -0.1) is 0 Å². The van der Waals surface area contributed by atoms with Crippen LogP contribution in [0.3, 0.4) is 0 Å². The van der Waals surface area contributed by atoms with E-state index in [0.717, 1.165) is 0 Å². The largest absolute Gasteiger partial charge is 0.395 e. The van der Waals surface area contributed by atoms with Crippen molar-refractivity contribution < 1.29 is 5.11 Å². The summed E-state index contributed by atoms with van der Waals surface area (Å²) in [5.74, 6) is 0. The van der Waals surface area contributed by atoms with Crippen LogP contribution in [0.15, 0.2) is 0 Å². The van der Waals surface area contributed by atoms with E-state index in [0.29, 0.717) is 6.61 Å². The van der Waals surface area contributed by atoms with Crippen LogP contribution in [0.4, 0.5) is 0 Å². The lowest BCUT2D eigenvalue weighted by atomic mass is 9.90. The van der Waals surface area contributed by atoms with Gasteiger partial charge >= 0.3 is 0 Å². The SMILES string of the molecule is OCC1(I)CCCCC1. The zero-order valence-electron chi connectivity index (χ0n) is 5.57. The molecule has 0 unspecified atom stereocenters. The van der Waals surface area contributed by atoms with Gasteiger partial charge in [0.15, 0.2) is 0 Å². The Balaban J connectivity index is 2.37. The Bertz CT molecular complexity index is 86.9. The number of rotatable bonds is 1. The minimum absolute atomic E-state index is 0.246.